The van der Waals surface area contributed by atoms with Gasteiger partial charge in [0, 0.05) is 18.8 Å². The van der Waals surface area contributed by atoms with E-state index in [1.807, 2.05) is 25.7 Å². The lowest BCUT2D eigenvalue weighted by Crippen LogP contribution is -2.50. The molecule has 0 bridgehead atoms. The molecule has 31 heavy (non-hydrogen) atoms. The van der Waals surface area contributed by atoms with E-state index in [2.05, 4.69) is 20.0 Å². The first kappa shape index (κ1) is 21.9. The maximum atomic E-state index is 14.5. The minimum Gasteiger partial charge on any atom is -0.371 e. The van der Waals surface area contributed by atoms with E-state index in [0.29, 0.717) is 25.4 Å². The van der Waals surface area contributed by atoms with Crippen LogP contribution in [0.3, 0.4) is 0 Å². The van der Waals surface area contributed by atoms with Gasteiger partial charge in [0.15, 0.2) is 11.6 Å². The van der Waals surface area contributed by atoms with Crippen molar-refractivity contribution in [3.8, 4) is 0 Å². The van der Waals surface area contributed by atoms with Gasteiger partial charge in [0.2, 0.25) is 16.0 Å². The second kappa shape index (κ2) is 8.33. The first-order valence-corrected chi connectivity index (χ1v) is 12.0. The number of nitrogens with one attached hydrogen (secondary N) is 2. The molecule has 168 valence electrons. The minimum atomic E-state index is -3.56. The standard InChI is InChI=1S/C21H28FN5O3S/c1-14(2)10-24-31(28,29)17-6-4-16(5-7-17)25-20-23-11-18(22)19(26-20)27-13-21(8-9-21)30-12-15(27)3/h4-7,11,14-15,24H,8-10,12-13H2,1-3H3,(H,23,25,26)/t15-/m0/s1. The Morgan fingerprint density at radius 2 is 2.00 bits per heavy atom. The van der Waals surface area contributed by atoms with Gasteiger partial charge in [-0.2, -0.15) is 4.98 Å². The third-order valence-corrected chi connectivity index (χ3v) is 6.97. The Balaban J connectivity index is 1.49. The number of hydrogen-bond donors (Lipinski definition) is 2. The smallest absolute Gasteiger partial charge is 0.240 e. The van der Waals surface area contributed by atoms with Gasteiger partial charge in [-0.1, -0.05) is 13.8 Å². The van der Waals surface area contributed by atoms with Gasteiger partial charge in [-0.25, -0.2) is 22.5 Å². The topological polar surface area (TPSA) is 96.5 Å². The first-order valence-electron chi connectivity index (χ1n) is 10.5. The van der Waals surface area contributed by atoms with Gasteiger partial charge in [0.05, 0.1) is 29.3 Å². The Bertz CT molecular complexity index is 1040. The number of ether oxygens (including phenoxy) is 1. The van der Waals surface area contributed by atoms with Crippen molar-refractivity contribution in [1.29, 1.82) is 0 Å². The Labute approximate surface area is 182 Å². The quantitative estimate of drug-likeness (QED) is 0.671. The molecule has 0 radical (unpaired) electrons. The second-order valence-corrected chi connectivity index (χ2v) is 10.5. The summed E-state index contributed by atoms with van der Waals surface area (Å²) in [5, 5.41) is 3.03. The number of hydrogen-bond acceptors (Lipinski definition) is 7. The predicted molar refractivity (Wildman–Crippen MR) is 116 cm³/mol. The summed E-state index contributed by atoms with van der Waals surface area (Å²) in [6.45, 7) is 7.37. The molecule has 8 nitrogen and oxygen atoms in total. The largest absolute Gasteiger partial charge is 0.371 e. The van der Waals surface area contributed by atoms with Crippen molar-refractivity contribution in [2.24, 2.45) is 5.92 Å². The van der Waals surface area contributed by atoms with Crippen LogP contribution in [-0.2, 0) is 14.8 Å². The molecular weight excluding hydrogens is 421 g/mol. The van der Waals surface area contributed by atoms with Gasteiger partial charge in [-0.05, 0) is 49.9 Å². The lowest BCUT2D eigenvalue weighted by atomic mass is 10.2. The van der Waals surface area contributed by atoms with Gasteiger partial charge in [0.25, 0.3) is 0 Å². The SMILES string of the molecule is CC(C)CNS(=O)(=O)c1ccc(Nc2ncc(F)c(N3CC4(CC4)OC[C@@H]3C)n2)cc1. The van der Waals surface area contributed by atoms with Crippen molar-refractivity contribution in [2.45, 2.75) is 50.2 Å². The maximum absolute atomic E-state index is 14.5. The molecule has 2 aliphatic rings. The third kappa shape index (κ3) is 4.97. The molecule has 1 aliphatic heterocycles. The van der Waals surface area contributed by atoms with E-state index in [9.17, 15) is 12.8 Å². The summed E-state index contributed by atoms with van der Waals surface area (Å²) in [6.07, 6.45) is 3.12. The van der Waals surface area contributed by atoms with Crippen LogP contribution in [0.15, 0.2) is 35.4 Å². The highest BCUT2D eigenvalue weighted by atomic mass is 32.2. The Morgan fingerprint density at radius 3 is 2.65 bits per heavy atom. The van der Waals surface area contributed by atoms with E-state index >= 15 is 0 Å². The average Bonchev–Trinajstić information content (AvgIpc) is 3.50. The summed E-state index contributed by atoms with van der Waals surface area (Å²) in [5.41, 5.74) is 0.441. The van der Waals surface area contributed by atoms with Gasteiger partial charge in [0.1, 0.15) is 0 Å². The number of morpholine rings is 1. The fraction of sp³-hybridized carbons (Fsp3) is 0.524. The van der Waals surface area contributed by atoms with Gasteiger partial charge in [-0.3, -0.25) is 0 Å². The van der Waals surface area contributed by atoms with E-state index < -0.39 is 15.8 Å². The zero-order chi connectivity index (χ0) is 22.2. The van der Waals surface area contributed by atoms with Crippen LogP contribution in [0.4, 0.5) is 21.8 Å². The van der Waals surface area contributed by atoms with Crippen molar-refractivity contribution < 1.29 is 17.5 Å². The summed E-state index contributed by atoms with van der Waals surface area (Å²) in [4.78, 5) is 10.6. The molecule has 2 N–H and O–H groups in total. The summed E-state index contributed by atoms with van der Waals surface area (Å²) < 4.78 is 47.7. The normalized spacial score (nSPS) is 20.3. The van der Waals surface area contributed by atoms with Gasteiger partial charge >= 0.3 is 0 Å². The summed E-state index contributed by atoms with van der Waals surface area (Å²) >= 11 is 0. The summed E-state index contributed by atoms with van der Waals surface area (Å²) in [7, 11) is -3.56. The van der Waals surface area contributed by atoms with Crippen LogP contribution in [0.5, 0.6) is 0 Å². The zero-order valence-corrected chi connectivity index (χ0v) is 18.7. The molecule has 1 aliphatic carbocycles. The summed E-state index contributed by atoms with van der Waals surface area (Å²) in [5.74, 6) is 0.224. The molecule has 10 heteroatoms. The van der Waals surface area contributed by atoms with Crippen molar-refractivity contribution in [3.05, 3.63) is 36.3 Å². The van der Waals surface area contributed by atoms with Gasteiger partial charge in [-0.15, -0.1) is 0 Å². The molecule has 1 aromatic heterocycles. The molecule has 1 aromatic carbocycles. The fourth-order valence-corrected chi connectivity index (χ4v) is 4.66. The molecule has 0 unspecified atom stereocenters. The van der Waals surface area contributed by atoms with Crippen molar-refractivity contribution >= 4 is 27.5 Å². The average molecular weight is 450 g/mol. The molecule has 1 spiro atoms. The van der Waals surface area contributed by atoms with Crippen LogP contribution in [0.25, 0.3) is 0 Å². The number of aromatic nitrogens is 2. The molecule has 1 saturated carbocycles. The zero-order valence-electron chi connectivity index (χ0n) is 17.9. The van der Waals surface area contributed by atoms with Crippen LogP contribution >= 0.6 is 0 Å². The number of rotatable bonds is 7. The lowest BCUT2D eigenvalue weighted by Gasteiger charge is -2.39. The van der Waals surface area contributed by atoms with E-state index in [4.69, 9.17) is 4.74 Å². The molecule has 1 atom stereocenters. The van der Waals surface area contributed by atoms with E-state index in [0.717, 1.165) is 19.0 Å². The Morgan fingerprint density at radius 1 is 1.29 bits per heavy atom. The fourth-order valence-electron chi connectivity index (χ4n) is 3.45. The van der Waals surface area contributed by atoms with E-state index in [-0.39, 0.29) is 34.2 Å². The van der Waals surface area contributed by atoms with Crippen LogP contribution in [0, 0.1) is 11.7 Å². The minimum absolute atomic E-state index is 0.00584. The van der Waals surface area contributed by atoms with Gasteiger partial charge < -0.3 is 15.0 Å². The van der Waals surface area contributed by atoms with Crippen LogP contribution in [0.1, 0.15) is 33.6 Å². The van der Waals surface area contributed by atoms with Crippen LogP contribution < -0.4 is 14.9 Å². The molecule has 2 fully saturated rings. The number of benzene rings is 1. The molecular formula is C21H28FN5O3S. The van der Waals surface area contributed by atoms with Crippen molar-refractivity contribution in [2.75, 3.05) is 29.9 Å². The number of sulfonamides is 1. The van der Waals surface area contributed by atoms with Crippen LogP contribution in [-0.4, -0.2) is 49.7 Å². The molecule has 2 aromatic rings. The monoisotopic (exact) mass is 449 g/mol. The Kier molecular flexibility index (Phi) is 5.89. The van der Waals surface area contributed by atoms with Crippen molar-refractivity contribution in [3.63, 3.8) is 0 Å². The lowest BCUT2D eigenvalue weighted by molar-refractivity contribution is 0.00292. The van der Waals surface area contributed by atoms with E-state index in [1.165, 1.54) is 12.1 Å². The molecule has 0 amide bonds. The van der Waals surface area contributed by atoms with Crippen molar-refractivity contribution in [1.82, 2.24) is 14.7 Å². The number of halogens is 1. The number of nitrogens with zero attached hydrogens (tertiary/aromatic N) is 3. The maximum Gasteiger partial charge on any atom is 0.240 e. The molecule has 1 saturated heterocycles. The van der Waals surface area contributed by atoms with Crippen LogP contribution in [0.2, 0.25) is 0 Å². The Hall–Kier alpha value is -2.30. The van der Waals surface area contributed by atoms with E-state index in [1.54, 1.807) is 12.1 Å². The summed E-state index contributed by atoms with van der Waals surface area (Å²) in [6, 6.07) is 6.29. The first-order chi connectivity index (χ1) is 14.7. The second-order valence-electron chi connectivity index (χ2n) is 8.73. The highest BCUT2D eigenvalue weighted by Gasteiger charge is 2.49. The predicted octanol–water partition coefficient (Wildman–Crippen LogP) is 3.05. The molecule has 2 heterocycles. The highest BCUT2D eigenvalue weighted by Crippen LogP contribution is 2.44. The third-order valence-electron chi connectivity index (χ3n) is 5.53. The number of anilines is 3. The molecule has 4 rings (SSSR count). The highest BCUT2D eigenvalue weighted by molar-refractivity contribution is 7.89.